The summed E-state index contributed by atoms with van der Waals surface area (Å²) in [6, 6.07) is 0. The van der Waals surface area contributed by atoms with Gasteiger partial charge in [-0.15, -0.1) is 0 Å². The van der Waals surface area contributed by atoms with E-state index in [0.29, 0.717) is 25.2 Å². The van der Waals surface area contributed by atoms with Crippen molar-refractivity contribution in [2.75, 3.05) is 5.84 Å². The van der Waals surface area contributed by atoms with E-state index in [0.717, 1.165) is 6.42 Å². The van der Waals surface area contributed by atoms with Crippen LogP contribution in [0.5, 0.6) is 0 Å². The molecule has 0 spiro atoms. The van der Waals surface area contributed by atoms with Crippen molar-refractivity contribution in [3.05, 3.63) is 27.2 Å². The SMILES string of the molecule is CCCn1c(=O)c2c(ncn2N)n(CCC)c1=O. The zero-order valence-electron chi connectivity index (χ0n) is 10.6. The predicted molar refractivity (Wildman–Crippen MR) is 69.0 cm³/mol. The van der Waals surface area contributed by atoms with Crippen molar-refractivity contribution in [2.45, 2.75) is 39.8 Å². The summed E-state index contributed by atoms with van der Waals surface area (Å²) >= 11 is 0. The van der Waals surface area contributed by atoms with Gasteiger partial charge in [0.2, 0.25) is 0 Å². The van der Waals surface area contributed by atoms with Crippen LogP contribution in [0.4, 0.5) is 0 Å². The first-order valence-corrected chi connectivity index (χ1v) is 6.07. The van der Waals surface area contributed by atoms with Gasteiger partial charge in [-0.05, 0) is 12.8 Å². The second-order valence-corrected chi connectivity index (χ2v) is 4.22. The van der Waals surface area contributed by atoms with Crippen molar-refractivity contribution in [3.63, 3.8) is 0 Å². The molecule has 98 valence electrons. The van der Waals surface area contributed by atoms with Gasteiger partial charge in [-0.2, -0.15) is 0 Å². The second kappa shape index (κ2) is 4.67. The van der Waals surface area contributed by atoms with Crippen LogP contribution in [0.1, 0.15) is 26.7 Å². The second-order valence-electron chi connectivity index (χ2n) is 4.22. The number of rotatable bonds is 4. The fourth-order valence-electron chi connectivity index (χ4n) is 2.05. The van der Waals surface area contributed by atoms with Crippen LogP contribution in [-0.4, -0.2) is 18.8 Å². The molecule has 2 N–H and O–H groups in total. The molecule has 0 aromatic carbocycles. The van der Waals surface area contributed by atoms with E-state index >= 15 is 0 Å². The van der Waals surface area contributed by atoms with Gasteiger partial charge in [-0.25, -0.2) is 14.5 Å². The molecule has 0 atom stereocenters. The predicted octanol–water partition coefficient (Wildman–Crippen LogP) is -0.107. The van der Waals surface area contributed by atoms with Gasteiger partial charge < -0.3 is 5.84 Å². The van der Waals surface area contributed by atoms with Crippen LogP contribution in [0.2, 0.25) is 0 Å². The van der Waals surface area contributed by atoms with Crippen molar-refractivity contribution in [1.82, 2.24) is 18.8 Å². The van der Waals surface area contributed by atoms with Crippen LogP contribution in [0.15, 0.2) is 15.9 Å². The molecule has 0 fully saturated rings. The molecule has 0 aliphatic carbocycles. The number of nitrogens with two attached hydrogens (primary N) is 1. The number of imidazole rings is 1. The Morgan fingerprint density at radius 2 is 1.78 bits per heavy atom. The lowest BCUT2D eigenvalue weighted by molar-refractivity contribution is 0.555. The Balaban J connectivity index is 2.89. The lowest BCUT2D eigenvalue weighted by atomic mass is 10.4. The molecule has 7 nitrogen and oxygen atoms in total. The topological polar surface area (TPSA) is 87.8 Å². The van der Waals surface area contributed by atoms with E-state index in [1.807, 2.05) is 13.8 Å². The summed E-state index contributed by atoms with van der Waals surface area (Å²) in [4.78, 5) is 28.5. The van der Waals surface area contributed by atoms with Gasteiger partial charge in [0, 0.05) is 13.1 Å². The number of aromatic nitrogens is 4. The maximum absolute atomic E-state index is 12.2. The van der Waals surface area contributed by atoms with E-state index in [-0.39, 0.29) is 16.8 Å². The summed E-state index contributed by atoms with van der Waals surface area (Å²) in [5.41, 5.74) is -0.0442. The minimum absolute atomic E-state index is 0.275. The molecule has 0 aliphatic heterocycles. The zero-order chi connectivity index (χ0) is 13.3. The van der Waals surface area contributed by atoms with Crippen LogP contribution in [0, 0.1) is 0 Å². The van der Waals surface area contributed by atoms with E-state index in [2.05, 4.69) is 4.98 Å². The van der Waals surface area contributed by atoms with Crippen LogP contribution >= 0.6 is 0 Å². The highest BCUT2D eigenvalue weighted by Crippen LogP contribution is 2.04. The van der Waals surface area contributed by atoms with Gasteiger partial charge in [0.25, 0.3) is 5.56 Å². The Labute approximate surface area is 103 Å². The zero-order valence-corrected chi connectivity index (χ0v) is 10.6. The van der Waals surface area contributed by atoms with Gasteiger partial charge >= 0.3 is 5.69 Å². The summed E-state index contributed by atoms with van der Waals surface area (Å²) < 4.78 is 3.91. The van der Waals surface area contributed by atoms with Gasteiger partial charge in [0.15, 0.2) is 11.2 Å². The smallest absolute Gasteiger partial charge is 0.332 e. The molecule has 0 unspecified atom stereocenters. The Kier molecular flexibility index (Phi) is 3.22. The van der Waals surface area contributed by atoms with E-state index in [1.165, 1.54) is 20.1 Å². The lowest BCUT2D eigenvalue weighted by Gasteiger charge is -2.10. The number of hydrogen-bond acceptors (Lipinski definition) is 4. The van der Waals surface area contributed by atoms with Crippen molar-refractivity contribution in [3.8, 4) is 0 Å². The highest BCUT2D eigenvalue weighted by Gasteiger charge is 2.16. The van der Waals surface area contributed by atoms with Gasteiger partial charge in [-0.3, -0.25) is 13.9 Å². The van der Waals surface area contributed by atoms with Crippen molar-refractivity contribution in [2.24, 2.45) is 0 Å². The third-order valence-electron chi connectivity index (χ3n) is 2.83. The minimum atomic E-state index is -0.371. The third-order valence-corrected chi connectivity index (χ3v) is 2.83. The maximum atomic E-state index is 12.2. The van der Waals surface area contributed by atoms with Crippen LogP contribution in [0.25, 0.3) is 11.2 Å². The number of aryl methyl sites for hydroxylation is 1. The maximum Gasteiger partial charge on any atom is 0.332 e. The molecule has 2 aromatic rings. The molecule has 0 saturated heterocycles. The molecule has 18 heavy (non-hydrogen) atoms. The van der Waals surface area contributed by atoms with Crippen LogP contribution in [-0.2, 0) is 13.1 Å². The summed E-state index contributed by atoms with van der Waals surface area (Å²) in [6.45, 7) is 4.80. The summed E-state index contributed by atoms with van der Waals surface area (Å²) in [6.07, 6.45) is 2.86. The molecule has 0 aliphatic rings. The molecular formula is C11H17N5O2. The lowest BCUT2D eigenvalue weighted by Crippen LogP contribution is -2.41. The van der Waals surface area contributed by atoms with Crippen molar-refractivity contribution >= 4 is 11.2 Å². The highest BCUT2D eigenvalue weighted by atomic mass is 16.2. The monoisotopic (exact) mass is 251 g/mol. The molecule has 7 heteroatoms. The third kappa shape index (κ3) is 1.71. The normalized spacial score (nSPS) is 11.2. The Bertz CT molecular complexity index is 679. The van der Waals surface area contributed by atoms with Crippen molar-refractivity contribution < 1.29 is 0 Å². The summed E-state index contributed by atoms with van der Waals surface area (Å²) in [5.74, 6) is 5.68. The number of nitrogen functional groups attached to an aromatic ring is 1. The number of fused-ring (bicyclic) bond motifs is 1. The molecule has 0 bridgehead atoms. The fourth-order valence-corrected chi connectivity index (χ4v) is 2.05. The Morgan fingerprint density at radius 1 is 1.17 bits per heavy atom. The average Bonchev–Trinajstić information content (AvgIpc) is 2.72. The van der Waals surface area contributed by atoms with E-state index < -0.39 is 0 Å². The fraction of sp³-hybridized carbons (Fsp3) is 0.545. The van der Waals surface area contributed by atoms with Crippen molar-refractivity contribution in [1.29, 1.82) is 0 Å². The van der Waals surface area contributed by atoms with Crippen LogP contribution in [0.3, 0.4) is 0 Å². The first-order valence-electron chi connectivity index (χ1n) is 6.07. The largest absolute Gasteiger partial charge is 0.337 e. The summed E-state index contributed by atoms with van der Waals surface area (Å²) in [5, 5.41) is 0. The standard InChI is InChI=1S/C11H17N5O2/c1-3-5-14-9-8(16(12)7-13-9)10(17)15(6-4-2)11(14)18/h7H,3-6,12H2,1-2H3. The van der Waals surface area contributed by atoms with E-state index in [9.17, 15) is 9.59 Å². The van der Waals surface area contributed by atoms with E-state index in [4.69, 9.17) is 5.84 Å². The Morgan fingerprint density at radius 3 is 2.39 bits per heavy atom. The average molecular weight is 251 g/mol. The van der Waals surface area contributed by atoms with Crippen LogP contribution < -0.4 is 17.1 Å². The van der Waals surface area contributed by atoms with Gasteiger partial charge in [0.05, 0.1) is 0 Å². The molecule has 0 saturated carbocycles. The number of hydrogen-bond donors (Lipinski definition) is 1. The van der Waals surface area contributed by atoms with Gasteiger partial charge in [0.1, 0.15) is 6.33 Å². The Hall–Kier alpha value is -2.05. The highest BCUT2D eigenvalue weighted by molar-refractivity contribution is 5.70. The molecular weight excluding hydrogens is 234 g/mol. The molecule has 0 radical (unpaired) electrons. The quantitative estimate of drug-likeness (QED) is 0.768. The first-order chi connectivity index (χ1) is 8.61. The van der Waals surface area contributed by atoms with Gasteiger partial charge in [-0.1, -0.05) is 13.8 Å². The minimum Gasteiger partial charge on any atom is -0.337 e. The first kappa shape index (κ1) is 12.4. The molecule has 0 amide bonds. The van der Waals surface area contributed by atoms with E-state index in [1.54, 1.807) is 0 Å². The molecule has 2 aromatic heterocycles. The molecule has 2 heterocycles. The summed E-state index contributed by atoms with van der Waals surface area (Å²) in [7, 11) is 0. The number of nitrogens with zero attached hydrogens (tertiary/aromatic N) is 4. The molecule has 2 rings (SSSR count).